The van der Waals surface area contributed by atoms with Crippen molar-refractivity contribution in [2.75, 3.05) is 5.32 Å². The van der Waals surface area contributed by atoms with Crippen LogP contribution in [0.3, 0.4) is 0 Å². The summed E-state index contributed by atoms with van der Waals surface area (Å²) in [5.41, 5.74) is 3.37. The quantitative estimate of drug-likeness (QED) is 0.790. The van der Waals surface area contributed by atoms with E-state index in [0.29, 0.717) is 5.92 Å². The molecule has 1 N–H and O–H groups in total. The molecule has 0 atom stereocenters. The summed E-state index contributed by atoms with van der Waals surface area (Å²) in [6.45, 7) is 4.10. The molecule has 0 spiro atoms. The number of anilines is 1. The zero-order valence-corrected chi connectivity index (χ0v) is 12.6. The minimum Gasteiger partial charge on any atom is -0.344 e. The molecule has 1 aliphatic rings. The van der Waals surface area contributed by atoms with Gasteiger partial charge >= 0.3 is 0 Å². The number of allylic oxidation sites excluding steroid dienone is 1. The largest absolute Gasteiger partial charge is 0.344 e. The van der Waals surface area contributed by atoms with Crippen LogP contribution >= 0.6 is 0 Å². The van der Waals surface area contributed by atoms with E-state index in [1.165, 1.54) is 23.8 Å². The van der Waals surface area contributed by atoms with E-state index in [4.69, 9.17) is 0 Å². The molecule has 0 amide bonds. The molecule has 4 heteroatoms. The highest BCUT2D eigenvalue weighted by atomic mass is 15.2. The van der Waals surface area contributed by atoms with E-state index >= 15 is 0 Å². The van der Waals surface area contributed by atoms with Gasteiger partial charge in [0.2, 0.25) is 0 Å². The predicted molar refractivity (Wildman–Crippen MR) is 89.4 cm³/mol. The maximum atomic E-state index is 4.48. The van der Waals surface area contributed by atoms with Crippen LogP contribution in [0, 0.1) is 5.92 Å². The molecule has 3 aromatic rings. The summed E-state index contributed by atoms with van der Waals surface area (Å²) in [4.78, 5) is 4.48. The smallest absolute Gasteiger partial charge is 0.130 e. The van der Waals surface area contributed by atoms with Crippen molar-refractivity contribution in [3.8, 4) is 11.1 Å². The number of aryl methyl sites for hydroxylation is 1. The van der Waals surface area contributed by atoms with Crippen LogP contribution in [0.2, 0.25) is 0 Å². The zero-order chi connectivity index (χ0) is 15.1. The number of nitrogens with zero attached hydrogens (tertiary/aromatic N) is 3. The standard InChI is InChI=1S/C18H18N4/c1-12(13-3-4-13)21-18-8-16-7-14(5-6-15(16)9-19-18)17-10-20-22(2)11-17/h5-11,13H,1,3-4H2,2H3,(H,19,21). The fraction of sp³-hybridized carbons (Fsp3) is 0.222. The Labute approximate surface area is 129 Å². The van der Waals surface area contributed by atoms with Crippen molar-refractivity contribution >= 4 is 16.6 Å². The normalized spacial score (nSPS) is 14.2. The molecule has 4 nitrogen and oxygen atoms in total. The fourth-order valence-corrected chi connectivity index (χ4v) is 2.66. The molecule has 1 aromatic carbocycles. The van der Waals surface area contributed by atoms with Gasteiger partial charge in [-0.15, -0.1) is 0 Å². The highest BCUT2D eigenvalue weighted by Crippen LogP contribution is 2.35. The molecule has 2 aromatic heterocycles. The fourth-order valence-electron chi connectivity index (χ4n) is 2.66. The van der Waals surface area contributed by atoms with Crippen LogP contribution in [0.5, 0.6) is 0 Å². The highest BCUT2D eigenvalue weighted by Gasteiger charge is 2.24. The average molecular weight is 290 g/mol. The van der Waals surface area contributed by atoms with Gasteiger partial charge in [-0.05, 0) is 41.8 Å². The molecule has 1 saturated carbocycles. The number of hydrogen-bond donors (Lipinski definition) is 1. The van der Waals surface area contributed by atoms with Crippen LogP contribution in [-0.4, -0.2) is 14.8 Å². The molecular formula is C18H18N4. The monoisotopic (exact) mass is 290 g/mol. The van der Waals surface area contributed by atoms with Gasteiger partial charge in [0, 0.05) is 36.1 Å². The van der Waals surface area contributed by atoms with Gasteiger partial charge < -0.3 is 5.32 Å². The molecule has 22 heavy (non-hydrogen) atoms. The van der Waals surface area contributed by atoms with Gasteiger partial charge in [0.05, 0.1) is 6.20 Å². The molecule has 0 radical (unpaired) electrons. The summed E-state index contributed by atoms with van der Waals surface area (Å²) >= 11 is 0. The SMILES string of the molecule is C=C(Nc1cc2cc(-c3cnn(C)c3)ccc2cn1)C1CC1. The predicted octanol–water partition coefficient (Wildman–Crippen LogP) is 3.97. The van der Waals surface area contributed by atoms with Crippen LogP contribution in [0.1, 0.15) is 12.8 Å². The van der Waals surface area contributed by atoms with E-state index in [1.807, 2.05) is 30.3 Å². The number of rotatable bonds is 4. The highest BCUT2D eigenvalue weighted by molar-refractivity contribution is 5.88. The van der Waals surface area contributed by atoms with Gasteiger partial charge in [-0.1, -0.05) is 18.7 Å². The van der Waals surface area contributed by atoms with Gasteiger partial charge in [-0.3, -0.25) is 4.68 Å². The van der Waals surface area contributed by atoms with Gasteiger partial charge in [0.1, 0.15) is 5.82 Å². The van der Waals surface area contributed by atoms with E-state index in [0.717, 1.165) is 22.5 Å². The Morgan fingerprint density at radius 1 is 1.18 bits per heavy atom. The second-order valence-corrected chi connectivity index (χ2v) is 5.96. The van der Waals surface area contributed by atoms with Crippen molar-refractivity contribution in [2.24, 2.45) is 13.0 Å². The van der Waals surface area contributed by atoms with Gasteiger partial charge in [-0.2, -0.15) is 5.10 Å². The summed E-state index contributed by atoms with van der Waals surface area (Å²) < 4.78 is 1.82. The van der Waals surface area contributed by atoms with Crippen LogP contribution in [0.15, 0.2) is 55.1 Å². The third-order valence-electron chi connectivity index (χ3n) is 4.12. The second-order valence-electron chi connectivity index (χ2n) is 5.96. The maximum Gasteiger partial charge on any atom is 0.130 e. The molecule has 110 valence electrons. The molecular weight excluding hydrogens is 272 g/mol. The molecule has 1 fully saturated rings. The minimum atomic E-state index is 0.624. The van der Waals surface area contributed by atoms with Crippen LogP contribution in [0.25, 0.3) is 21.9 Å². The number of fused-ring (bicyclic) bond motifs is 1. The number of benzene rings is 1. The summed E-state index contributed by atoms with van der Waals surface area (Å²) in [6.07, 6.45) is 8.30. The van der Waals surface area contributed by atoms with E-state index in [1.54, 1.807) is 0 Å². The lowest BCUT2D eigenvalue weighted by Crippen LogP contribution is -2.01. The van der Waals surface area contributed by atoms with Gasteiger partial charge in [-0.25, -0.2) is 4.98 Å². The first kappa shape index (κ1) is 13.1. The summed E-state index contributed by atoms with van der Waals surface area (Å²) in [5, 5.41) is 9.88. The van der Waals surface area contributed by atoms with E-state index in [-0.39, 0.29) is 0 Å². The van der Waals surface area contributed by atoms with E-state index in [2.05, 4.69) is 46.2 Å². The van der Waals surface area contributed by atoms with E-state index in [9.17, 15) is 0 Å². The summed E-state index contributed by atoms with van der Waals surface area (Å²) in [5.74, 6) is 1.49. The Kier molecular flexibility index (Phi) is 2.96. The molecule has 0 unspecified atom stereocenters. The first-order valence-electron chi connectivity index (χ1n) is 7.54. The van der Waals surface area contributed by atoms with Crippen molar-refractivity contribution in [1.29, 1.82) is 0 Å². The maximum absolute atomic E-state index is 4.48. The lowest BCUT2D eigenvalue weighted by molar-refractivity contribution is 0.768. The Morgan fingerprint density at radius 3 is 2.77 bits per heavy atom. The first-order valence-corrected chi connectivity index (χ1v) is 7.54. The third-order valence-corrected chi connectivity index (χ3v) is 4.12. The van der Waals surface area contributed by atoms with Crippen LogP contribution in [-0.2, 0) is 7.05 Å². The molecule has 0 saturated heterocycles. The Bertz CT molecular complexity index is 858. The van der Waals surface area contributed by atoms with Crippen molar-refractivity contribution < 1.29 is 0 Å². The molecule has 1 aliphatic carbocycles. The number of pyridine rings is 1. The second kappa shape index (κ2) is 4.98. The molecule has 0 aliphatic heterocycles. The van der Waals surface area contributed by atoms with Crippen molar-refractivity contribution in [3.63, 3.8) is 0 Å². The first-order chi connectivity index (χ1) is 10.7. The Hall–Kier alpha value is -2.62. The Morgan fingerprint density at radius 2 is 2.05 bits per heavy atom. The van der Waals surface area contributed by atoms with Crippen LogP contribution < -0.4 is 5.32 Å². The zero-order valence-electron chi connectivity index (χ0n) is 12.6. The molecule has 0 bridgehead atoms. The summed E-state index contributed by atoms with van der Waals surface area (Å²) in [6, 6.07) is 8.48. The van der Waals surface area contributed by atoms with Gasteiger partial charge in [0.25, 0.3) is 0 Å². The molecule has 4 rings (SSSR count). The Balaban J connectivity index is 1.69. The number of aromatic nitrogens is 3. The van der Waals surface area contributed by atoms with Crippen molar-refractivity contribution in [1.82, 2.24) is 14.8 Å². The van der Waals surface area contributed by atoms with Crippen LogP contribution in [0.4, 0.5) is 5.82 Å². The molecule has 2 heterocycles. The average Bonchev–Trinajstić information content (AvgIpc) is 3.28. The van der Waals surface area contributed by atoms with Crippen molar-refractivity contribution in [3.05, 3.63) is 55.1 Å². The van der Waals surface area contributed by atoms with Gasteiger partial charge in [0.15, 0.2) is 0 Å². The summed E-state index contributed by atoms with van der Waals surface area (Å²) in [7, 11) is 1.93. The minimum absolute atomic E-state index is 0.624. The number of nitrogens with one attached hydrogen (secondary N) is 1. The van der Waals surface area contributed by atoms with E-state index < -0.39 is 0 Å². The lowest BCUT2D eigenvalue weighted by atomic mass is 10.1. The third kappa shape index (κ3) is 2.48. The van der Waals surface area contributed by atoms with Crippen molar-refractivity contribution in [2.45, 2.75) is 12.8 Å². The number of hydrogen-bond acceptors (Lipinski definition) is 3. The topological polar surface area (TPSA) is 42.7 Å². The lowest BCUT2D eigenvalue weighted by Gasteiger charge is -2.09.